The predicted molar refractivity (Wildman–Crippen MR) is 73.4 cm³/mol. The maximum Gasteiger partial charge on any atom is 0.339 e. The van der Waals surface area contributed by atoms with Gasteiger partial charge in [0.15, 0.2) is 0 Å². The number of carbonyl (C=O) groups is 1. The van der Waals surface area contributed by atoms with Gasteiger partial charge in [0.1, 0.15) is 5.76 Å². The molecule has 0 saturated carbocycles. The molecule has 0 atom stereocenters. The van der Waals surface area contributed by atoms with Crippen LogP contribution in [0.15, 0.2) is 41.0 Å². The number of furan rings is 1. The van der Waals surface area contributed by atoms with Crippen molar-refractivity contribution in [1.29, 1.82) is 0 Å². The molecular weight excluding hydrogens is 266 g/mol. The van der Waals surface area contributed by atoms with Crippen molar-refractivity contribution in [2.24, 2.45) is 0 Å². The van der Waals surface area contributed by atoms with Gasteiger partial charge in [0.05, 0.1) is 30.0 Å². The lowest BCUT2D eigenvalue weighted by Gasteiger charge is -2.08. The number of rotatable bonds is 5. The predicted octanol–water partition coefficient (Wildman–Crippen LogP) is 3.72. The highest BCUT2D eigenvalue weighted by Gasteiger charge is 2.11. The van der Waals surface area contributed by atoms with Gasteiger partial charge in [-0.15, -0.1) is 0 Å². The van der Waals surface area contributed by atoms with Crippen molar-refractivity contribution >= 4 is 23.3 Å². The van der Waals surface area contributed by atoms with E-state index in [-0.39, 0.29) is 0 Å². The fourth-order valence-corrected chi connectivity index (χ4v) is 1.86. The molecule has 0 saturated heterocycles. The average Bonchev–Trinajstić information content (AvgIpc) is 2.89. The van der Waals surface area contributed by atoms with Gasteiger partial charge in [0.25, 0.3) is 0 Å². The van der Waals surface area contributed by atoms with Gasteiger partial charge < -0.3 is 14.5 Å². The van der Waals surface area contributed by atoms with Crippen LogP contribution in [0.1, 0.15) is 23.0 Å². The monoisotopic (exact) mass is 279 g/mol. The summed E-state index contributed by atoms with van der Waals surface area (Å²) in [6.07, 6.45) is 1.62. The molecule has 1 aromatic heterocycles. The first-order chi connectivity index (χ1) is 9.20. The molecule has 5 heteroatoms. The Hall–Kier alpha value is -1.94. The summed E-state index contributed by atoms with van der Waals surface area (Å²) in [6.45, 7) is 2.64. The van der Waals surface area contributed by atoms with E-state index in [1.165, 1.54) is 0 Å². The summed E-state index contributed by atoms with van der Waals surface area (Å²) in [5.41, 5.74) is 1.18. The first-order valence-corrected chi connectivity index (χ1v) is 6.31. The Morgan fingerprint density at radius 2 is 2.26 bits per heavy atom. The van der Waals surface area contributed by atoms with E-state index in [9.17, 15) is 4.79 Å². The van der Waals surface area contributed by atoms with Crippen molar-refractivity contribution < 1.29 is 13.9 Å². The van der Waals surface area contributed by atoms with Crippen LogP contribution in [-0.2, 0) is 11.3 Å². The molecule has 0 aliphatic heterocycles. The number of anilines is 1. The smallest absolute Gasteiger partial charge is 0.339 e. The van der Waals surface area contributed by atoms with Crippen LogP contribution in [0.3, 0.4) is 0 Å². The van der Waals surface area contributed by atoms with Gasteiger partial charge in [-0.2, -0.15) is 0 Å². The van der Waals surface area contributed by atoms with Crippen LogP contribution in [0.25, 0.3) is 0 Å². The highest BCUT2D eigenvalue weighted by molar-refractivity contribution is 6.33. The Balaban J connectivity index is 2.04. The molecular formula is C14H14ClNO3. The lowest BCUT2D eigenvalue weighted by atomic mass is 10.2. The fourth-order valence-electron chi connectivity index (χ4n) is 1.60. The minimum absolute atomic E-state index is 0.327. The largest absolute Gasteiger partial charge is 0.467 e. The van der Waals surface area contributed by atoms with Crippen molar-refractivity contribution in [3.63, 3.8) is 0 Å². The number of hydrogen-bond donors (Lipinski definition) is 1. The zero-order valence-electron chi connectivity index (χ0n) is 10.5. The van der Waals surface area contributed by atoms with Crippen LogP contribution < -0.4 is 5.32 Å². The van der Waals surface area contributed by atoms with Crippen molar-refractivity contribution in [1.82, 2.24) is 0 Å². The average molecular weight is 280 g/mol. The van der Waals surface area contributed by atoms with Gasteiger partial charge >= 0.3 is 5.97 Å². The summed E-state index contributed by atoms with van der Waals surface area (Å²) >= 11 is 6.06. The normalized spacial score (nSPS) is 10.2. The highest BCUT2D eigenvalue weighted by Crippen LogP contribution is 2.22. The highest BCUT2D eigenvalue weighted by atomic mass is 35.5. The van der Waals surface area contributed by atoms with Gasteiger partial charge in [-0.25, -0.2) is 4.79 Å². The van der Waals surface area contributed by atoms with Gasteiger partial charge in [-0.3, -0.25) is 0 Å². The SMILES string of the molecule is CCOC(=O)c1ccc(NCc2ccco2)cc1Cl. The molecule has 1 heterocycles. The number of ether oxygens (including phenoxy) is 1. The van der Waals surface area contributed by atoms with Crippen LogP contribution >= 0.6 is 11.6 Å². The second-order valence-electron chi connectivity index (χ2n) is 3.85. The molecule has 0 aliphatic rings. The standard InChI is InChI=1S/C14H14ClNO3/c1-2-18-14(17)12-6-5-10(8-13(12)15)16-9-11-4-3-7-19-11/h3-8,16H,2,9H2,1H3. The maximum absolute atomic E-state index is 11.6. The van der Waals surface area contributed by atoms with Crippen molar-refractivity contribution in [3.05, 3.63) is 52.9 Å². The first-order valence-electron chi connectivity index (χ1n) is 5.93. The van der Waals surface area contributed by atoms with Crippen LogP contribution in [-0.4, -0.2) is 12.6 Å². The van der Waals surface area contributed by atoms with Gasteiger partial charge in [-0.05, 0) is 37.3 Å². The zero-order valence-corrected chi connectivity index (χ0v) is 11.2. The molecule has 0 radical (unpaired) electrons. The number of halogens is 1. The summed E-state index contributed by atoms with van der Waals surface area (Å²) < 4.78 is 10.1. The van der Waals surface area contributed by atoms with Crippen molar-refractivity contribution in [2.45, 2.75) is 13.5 Å². The zero-order chi connectivity index (χ0) is 13.7. The third kappa shape index (κ3) is 3.51. The van der Waals surface area contributed by atoms with Crippen LogP contribution in [0.2, 0.25) is 5.02 Å². The fraction of sp³-hybridized carbons (Fsp3) is 0.214. The Morgan fingerprint density at radius 1 is 1.42 bits per heavy atom. The molecule has 0 aliphatic carbocycles. The van der Waals surface area contributed by atoms with E-state index in [4.69, 9.17) is 20.8 Å². The second-order valence-corrected chi connectivity index (χ2v) is 4.26. The molecule has 19 heavy (non-hydrogen) atoms. The summed E-state index contributed by atoms with van der Waals surface area (Å²) in [5, 5.41) is 3.52. The Morgan fingerprint density at radius 3 is 2.89 bits per heavy atom. The number of esters is 1. The van der Waals surface area contributed by atoms with Crippen LogP contribution in [0.5, 0.6) is 0 Å². The molecule has 1 aromatic carbocycles. The molecule has 0 spiro atoms. The lowest BCUT2D eigenvalue weighted by molar-refractivity contribution is 0.0526. The van der Waals surface area contributed by atoms with E-state index < -0.39 is 5.97 Å². The van der Waals surface area contributed by atoms with Gasteiger partial charge in [0.2, 0.25) is 0 Å². The van der Waals surface area contributed by atoms with Gasteiger partial charge in [-0.1, -0.05) is 11.6 Å². The molecule has 0 fully saturated rings. The van der Waals surface area contributed by atoms with E-state index in [1.54, 1.807) is 31.4 Å². The summed E-state index contributed by atoms with van der Waals surface area (Å²) in [5.74, 6) is 0.413. The lowest BCUT2D eigenvalue weighted by Crippen LogP contribution is -2.06. The van der Waals surface area contributed by atoms with E-state index in [0.29, 0.717) is 23.7 Å². The molecule has 0 bridgehead atoms. The molecule has 1 N–H and O–H groups in total. The van der Waals surface area contributed by atoms with Crippen LogP contribution in [0.4, 0.5) is 5.69 Å². The quantitative estimate of drug-likeness (QED) is 0.848. The molecule has 4 nitrogen and oxygen atoms in total. The Kier molecular flexibility index (Phi) is 4.47. The topological polar surface area (TPSA) is 51.5 Å². The first kappa shape index (κ1) is 13.5. The number of nitrogens with one attached hydrogen (secondary N) is 1. The van der Waals surface area contributed by atoms with Gasteiger partial charge in [0, 0.05) is 5.69 Å². The van der Waals surface area contributed by atoms with E-state index in [1.807, 2.05) is 12.1 Å². The summed E-state index contributed by atoms with van der Waals surface area (Å²) in [6, 6.07) is 8.82. The third-order valence-corrected chi connectivity index (χ3v) is 2.82. The molecule has 0 amide bonds. The number of hydrogen-bond acceptors (Lipinski definition) is 4. The Bertz CT molecular complexity index is 552. The Labute approximate surface area is 116 Å². The second kappa shape index (κ2) is 6.29. The minimum atomic E-state index is -0.412. The van der Waals surface area contributed by atoms with Crippen LogP contribution in [0, 0.1) is 0 Å². The van der Waals surface area contributed by atoms with E-state index in [0.717, 1.165) is 11.4 Å². The van der Waals surface area contributed by atoms with Crippen molar-refractivity contribution in [3.8, 4) is 0 Å². The molecule has 2 aromatic rings. The number of carbonyl (C=O) groups excluding carboxylic acids is 1. The van der Waals surface area contributed by atoms with E-state index in [2.05, 4.69) is 5.32 Å². The maximum atomic E-state index is 11.6. The third-order valence-electron chi connectivity index (χ3n) is 2.51. The molecule has 0 unspecified atom stereocenters. The van der Waals surface area contributed by atoms with E-state index >= 15 is 0 Å². The summed E-state index contributed by atoms with van der Waals surface area (Å²) in [7, 11) is 0. The molecule has 2 rings (SSSR count). The summed E-state index contributed by atoms with van der Waals surface area (Å²) in [4.78, 5) is 11.6. The number of benzene rings is 1. The minimum Gasteiger partial charge on any atom is -0.467 e. The van der Waals surface area contributed by atoms with Crippen molar-refractivity contribution in [2.75, 3.05) is 11.9 Å². The molecule has 100 valence electrons.